The van der Waals surface area contributed by atoms with Gasteiger partial charge in [0.1, 0.15) is 0 Å². The summed E-state index contributed by atoms with van der Waals surface area (Å²) in [5.41, 5.74) is 4.40. The molecule has 1 aromatic heterocycles. The minimum absolute atomic E-state index is 0.0743. The zero-order valence-electron chi connectivity index (χ0n) is 12.2. The SMILES string of the molecule is CC(=O)Nc1ccc(C=Cc2cnc3ccccc3n2)cc1. The molecule has 22 heavy (non-hydrogen) atoms. The maximum absolute atomic E-state index is 11.0. The third-order valence-electron chi connectivity index (χ3n) is 3.14. The van der Waals surface area contributed by atoms with Crippen LogP contribution in [-0.2, 0) is 4.79 Å². The summed E-state index contributed by atoms with van der Waals surface area (Å²) in [7, 11) is 0. The van der Waals surface area contributed by atoms with Crippen molar-refractivity contribution in [3.05, 3.63) is 66.0 Å². The quantitative estimate of drug-likeness (QED) is 0.798. The lowest BCUT2D eigenvalue weighted by atomic mass is 10.2. The number of nitrogens with zero attached hydrogens (tertiary/aromatic N) is 2. The molecule has 4 heteroatoms. The number of aromatic nitrogens is 2. The Kier molecular flexibility index (Phi) is 3.92. The molecule has 1 heterocycles. The number of benzene rings is 2. The summed E-state index contributed by atoms with van der Waals surface area (Å²) in [5, 5.41) is 2.74. The summed E-state index contributed by atoms with van der Waals surface area (Å²) in [6.45, 7) is 1.49. The van der Waals surface area contributed by atoms with Gasteiger partial charge in [0, 0.05) is 12.6 Å². The van der Waals surface area contributed by atoms with Crippen LogP contribution in [0, 0.1) is 0 Å². The van der Waals surface area contributed by atoms with E-state index in [0.29, 0.717) is 0 Å². The van der Waals surface area contributed by atoms with Gasteiger partial charge in [-0.15, -0.1) is 0 Å². The highest BCUT2D eigenvalue weighted by molar-refractivity contribution is 5.88. The van der Waals surface area contributed by atoms with Crippen LogP contribution < -0.4 is 5.32 Å². The molecular formula is C18H15N3O. The highest BCUT2D eigenvalue weighted by Crippen LogP contribution is 2.13. The molecule has 2 aromatic carbocycles. The van der Waals surface area contributed by atoms with Gasteiger partial charge >= 0.3 is 0 Å². The molecule has 0 radical (unpaired) electrons. The number of anilines is 1. The van der Waals surface area contributed by atoms with Crippen molar-refractivity contribution in [2.24, 2.45) is 0 Å². The molecule has 0 unspecified atom stereocenters. The molecule has 0 saturated carbocycles. The molecule has 108 valence electrons. The van der Waals surface area contributed by atoms with Gasteiger partial charge in [-0.05, 0) is 35.9 Å². The predicted molar refractivity (Wildman–Crippen MR) is 89.2 cm³/mol. The molecule has 0 aliphatic heterocycles. The molecule has 0 aliphatic rings. The van der Waals surface area contributed by atoms with E-state index in [1.54, 1.807) is 6.20 Å². The van der Waals surface area contributed by atoms with Crippen LogP contribution in [0.15, 0.2) is 54.7 Å². The average Bonchev–Trinajstić information content (AvgIpc) is 2.53. The largest absolute Gasteiger partial charge is 0.326 e. The van der Waals surface area contributed by atoms with Gasteiger partial charge in [-0.3, -0.25) is 9.78 Å². The smallest absolute Gasteiger partial charge is 0.221 e. The number of nitrogens with one attached hydrogen (secondary N) is 1. The Bertz CT molecular complexity index is 838. The second kappa shape index (κ2) is 6.18. The standard InChI is InChI=1S/C18H15N3O/c1-13(22)20-15-9-6-14(7-10-15)8-11-16-12-19-17-4-2-3-5-18(17)21-16/h2-12H,1H3,(H,20,22). The van der Waals surface area contributed by atoms with Crippen LogP contribution in [0.1, 0.15) is 18.2 Å². The van der Waals surface area contributed by atoms with Gasteiger partial charge in [-0.25, -0.2) is 4.98 Å². The van der Waals surface area contributed by atoms with Gasteiger partial charge in [-0.2, -0.15) is 0 Å². The molecule has 0 aliphatic carbocycles. The van der Waals surface area contributed by atoms with E-state index < -0.39 is 0 Å². The number of hydrogen-bond acceptors (Lipinski definition) is 3. The predicted octanol–water partition coefficient (Wildman–Crippen LogP) is 3.76. The fourth-order valence-electron chi connectivity index (χ4n) is 2.11. The van der Waals surface area contributed by atoms with Crippen LogP contribution in [-0.4, -0.2) is 15.9 Å². The Morgan fingerprint density at radius 2 is 1.73 bits per heavy atom. The lowest BCUT2D eigenvalue weighted by Gasteiger charge is -2.02. The molecule has 3 rings (SSSR count). The lowest BCUT2D eigenvalue weighted by molar-refractivity contribution is -0.114. The Morgan fingerprint density at radius 1 is 1.00 bits per heavy atom. The van der Waals surface area contributed by atoms with E-state index in [1.165, 1.54) is 6.92 Å². The minimum Gasteiger partial charge on any atom is -0.326 e. The fourth-order valence-corrected chi connectivity index (χ4v) is 2.11. The molecule has 1 amide bonds. The normalized spacial score (nSPS) is 11.0. The average molecular weight is 289 g/mol. The van der Waals surface area contributed by atoms with Crippen molar-refractivity contribution in [1.82, 2.24) is 9.97 Å². The Labute approximate surface area is 128 Å². The number of amides is 1. The van der Waals surface area contributed by atoms with Gasteiger partial charge in [-0.1, -0.05) is 30.3 Å². The van der Waals surface area contributed by atoms with Crippen LogP contribution in [0.4, 0.5) is 5.69 Å². The second-order valence-corrected chi connectivity index (χ2v) is 4.92. The minimum atomic E-state index is -0.0743. The van der Waals surface area contributed by atoms with E-state index in [0.717, 1.165) is 28.0 Å². The molecule has 1 N–H and O–H groups in total. The first-order chi connectivity index (χ1) is 10.7. The van der Waals surface area contributed by atoms with Crippen molar-refractivity contribution in [2.45, 2.75) is 6.92 Å². The van der Waals surface area contributed by atoms with E-state index in [2.05, 4.69) is 15.3 Å². The van der Waals surface area contributed by atoms with Crippen LogP contribution in [0.5, 0.6) is 0 Å². The monoisotopic (exact) mass is 289 g/mol. The molecular weight excluding hydrogens is 274 g/mol. The van der Waals surface area contributed by atoms with Crippen LogP contribution in [0.2, 0.25) is 0 Å². The van der Waals surface area contributed by atoms with Crippen LogP contribution in [0.25, 0.3) is 23.2 Å². The summed E-state index contributed by atoms with van der Waals surface area (Å²) in [5.74, 6) is -0.0743. The highest BCUT2D eigenvalue weighted by Gasteiger charge is 1.97. The summed E-state index contributed by atoms with van der Waals surface area (Å²) in [6.07, 6.45) is 5.65. The van der Waals surface area contributed by atoms with Gasteiger partial charge in [0.05, 0.1) is 22.9 Å². The topological polar surface area (TPSA) is 54.9 Å². The molecule has 0 bridgehead atoms. The van der Waals surface area contributed by atoms with Gasteiger partial charge in [0.15, 0.2) is 0 Å². The van der Waals surface area contributed by atoms with Crippen molar-refractivity contribution in [3.8, 4) is 0 Å². The summed E-state index contributed by atoms with van der Waals surface area (Å²) < 4.78 is 0. The van der Waals surface area contributed by atoms with E-state index in [1.807, 2.05) is 60.7 Å². The third-order valence-corrected chi connectivity index (χ3v) is 3.14. The fraction of sp³-hybridized carbons (Fsp3) is 0.0556. The maximum Gasteiger partial charge on any atom is 0.221 e. The van der Waals surface area contributed by atoms with Crippen molar-refractivity contribution in [1.29, 1.82) is 0 Å². The van der Waals surface area contributed by atoms with E-state index in [4.69, 9.17) is 0 Å². The summed E-state index contributed by atoms with van der Waals surface area (Å²) >= 11 is 0. The molecule has 4 nitrogen and oxygen atoms in total. The van der Waals surface area contributed by atoms with Gasteiger partial charge in [0.2, 0.25) is 5.91 Å². The Morgan fingerprint density at radius 3 is 2.45 bits per heavy atom. The number of hydrogen-bond donors (Lipinski definition) is 1. The number of para-hydroxylation sites is 2. The number of fused-ring (bicyclic) bond motifs is 1. The Balaban J connectivity index is 1.78. The first kappa shape index (κ1) is 13.9. The first-order valence-corrected chi connectivity index (χ1v) is 6.98. The van der Waals surface area contributed by atoms with Gasteiger partial charge < -0.3 is 5.32 Å². The molecule has 0 saturated heterocycles. The Hall–Kier alpha value is -3.01. The highest BCUT2D eigenvalue weighted by atomic mass is 16.1. The lowest BCUT2D eigenvalue weighted by Crippen LogP contribution is -2.05. The molecule has 0 spiro atoms. The molecule has 3 aromatic rings. The zero-order valence-corrected chi connectivity index (χ0v) is 12.2. The maximum atomic E-state index is 11.0. The zero-order chi connectivity index (χ0) is 15.4. The second-order valence-electron chi connectivity index (χ2n) is 4.92. The number of carbonyl (C=O) groups is 1. The van der Waals surface area contributed by atoms with Crippen molar-refractivity contribution in [3.63, 3.8) is 0 Å². The van der Waals surface area contributed by atoms with Crippen molar-refractivity contribution >= 4 is 34.8 Å². The van der Waals surface area contributed by atoms with Crippen molar-refractivity contribution < 1.29 is 4.79 Å². The number of rotatable bonds is 3. The van der Waals surface area contributed by atoms with Crippen LogP contribution in [0.3, 0.4) is 0 Å². The van der Waals surface area contributed by atoms with Crippen molar-refractivity contribution in [2.75, 3.05) is 5.32 Å². The van der Waals surface area contributed by atoms with E-state index >= 15 is 0 Å². The summed E-state index contributed by atoms with van der Waals surface area (Å²) in [4.78, 5) is 19.9. The third kappa shape index (κ3) is 3.35. The van der Waals surface area contributed by atoms with E-state index in [9.17, 15) is 4.79 Å². The van der Waals surface area contributed by atoms with Gasteiger partial charge in [0.25, 0.3) is 0 Å². The molecule has 0 fully saturated rings. The van der Waals surface area contributed by atoms with E-state index in [-0.39, 0.29) is 5.91 Å². The molecule has 0 atom stereocenters. The first-order valence-electron chi connectivity index (χ1n) is 6.98. The number of carbonyl (C=O) groups excluding carboxylic acids is 1. The summed E-state index contributed by atoms with van der Waals surface area (Å²) in [6, 6.07) is 15.4. The van der Waals surface area contributed by atoms with Crippen LogP contribution >= 0.6 is 0 Å².